The number of carbonyl (C=O) groups excluding carboxylic acids is 1. The average Bonchev–Trinajstić information content (AvgIpc) is 2.99. The van der Waals surface area contributed by atoms with Gasteiger partial charge in [-0.25, -0.2) is 16.8 Å². The molecule has 0 saturated carbocycles. The molecule has 1 amide bonds. The van der Waals surface area contributed by atoms with E-state index < -0.39 is 32.1 Å². The fraction of sp³-hybridized carbons (Fsp3) is 0.345. The van der Waals surface area contributed by atoms with Crippen LogP contribution in [0.4, 0.5) is 5.69 Å². The maximum Gasteiger partial charge on any atom is 0.264 e. The number of anilines is 1. The van der Waals surface area contributed by atoms with Gasteiger partial charge in [0.1, 0.15) is 18.1 Å². The molecule has 3 aromatic rings. The zero-order valence-electron chi connectivity index (χ0n) is 22.7. The van der Waals surface area contributed by atoms with Crippen molar-refractivity contribution in [3.8, 4) is 11.5 Å². The second-order valence-corrected chi connectivity index (χ2v) is 13.8. The van der Waals surface area contributed by atoms with E-state index in [0.717, 1.165) is 24.8 Å². The average molecular weight is 600 g/mol. The van der Waals surface area contributed by atoms with E-state index in [4.69, 9.17) is 9.47 Å². The molecule has 12 heteroatoms. The van der Waals surface area contributed by atoms with E-state index in [-0.39, 0.29) is 29.5 Å². The highest BCUT2D eigenvalue weighted by atomic mass is 32.2. The van der Waals surface area contributed by atoms with Gasteiger partial charge in [-0.3, -0.25) is 9.10 Å². The van der Waals surface area contributed by atoms with Gasteiger partial charge in [-0.05, 0) is 73.9 Å². The number of hydrogen-bond acceptors (Lipinski definition) is 7. The maximum absolute atomic E-state index is 13.5. The van der Waals surface area contributed by atoms with Crippen LogP contribution in [0.3, 0.4) is 0 Å². The SMILES string of the molecule is Cc1ccc2c(c1)OC(C(=O)NCCOc1ccc(S(=O)(=O)N3CCCCC3)cc1)CN2S(=O)(=O)c1ccccc1. The predicted octanol–water partition coefficient (Wildman–Crippen LogP) is 3.32. The summed E-state index contributed by atoms with van der Waals surface area (Å²) < 4.78 is 67.0. The van der Waals surface area contributed by atoms with Crippen molar-refractivity contribution in [2.75, 3.05) is 37.1 Å². The van der Waals surface area contributed by atoms with Crippen LogP contribution in [-0.4, -0.2) is 65.9 Å². The summed E-state index contributed by atoms with van der Waals surface area (Å²) in [6.45, 7) is 3.00. The summed E-state index contributed by atoms with van der Waals surface area (Å²) in [5.41, 5.74) is 1.24. The number of fused-ring (bicyclic) bond motifs is 1. The molecule has 1 N–H and O–H groups in total. The highest BCUT2D eigenvalue weighted by Gasteiger charge is 2.37. The summed E-state index contributed by atoms with van der Waals surface area (Å²) in [5, 5.41) is 2.75. The van der Waals surface area contributed by atoms with E-state index in [1.54, 1.807) is 48.5 Å². The van der Waals surface area contributed by atoms with Gasteiger partial charge in [-0.2, -0.15) is 4.31 Å². The van der Waals surface area contributed by atoms with Gasteiger partial charge in [0.25, 0.3) is 15.9 Å². The van der Waals surface area contributed by atoms with E-state index in [1.807, 2.05) is 6.92 Å². The van der Waals surface area contributed by atoms with E-state index in [2.05, 4.69) is 5.32 Å². The standard InChI is InChI=1S/C29H33N3O7S2/c1-22-10-15-26-27(20-22)39-28(21-32(26)41(36,37)24-8-4-2-5-9-24)29(33)30-16-19-38-23-11-13-25(14-12-23)40(34,35)31-17-6-3-7-18-31/h2,4-5,8-15,20,28H,3,6-7,16-19,21H2,1H3,(H,30,33). The number of piperidine rings is 1. The summed E-state index contributed by atoms with van der Waals surface area (Å²) in [5.74, 6) is 0.305. The molecule has 10 nitrogen and oxygen atoms in total. The zero-order chi connectivity index (χ0) is 29.0. The largest absolute Gasteiger partial charge is 0.492 e. The van der Waals surface area contributed by atoms with Crippen molar-refractivity contribution in [2.45, 2.75) is 42.1 Å². The third-order valence-corrected chi connectivity index (χ3v) is 10.8. The monoisotopic (exact) mass is 599 g/mol. The molecule has 1 atom stereocenters. The summed E-state index contributed by atoms with van der Waals surface area (Å²) in [7, 11) is -7.46. The molecule has 5 rings (SSSR count). The Morgan fingerprint density at radius 1 is 0.902 bits per heavy atom. The molecule has 218 valence electrons. The molecule has 41 heavy (non-hydrogen) atoms. The summed E-state index contributed by atoms with van der Waals surface area (Å²) >= 11 is 0. The lowest BCUT2D eigenvalue weighted by molar-refractivity contribution is -0.127. The van der Waals surface area contributed by atoms with Gasteiger partial charge in [0.05, 0.1) is 28.6 Å². The molecule has 1 saturated heterocycles. The maximum atomic E-state index is 13.5. The van der Waals surface area contributed by atoms with Crippen LogP contribution in [0, 0.1) is 6.92 Å². The van der Waals surface area contributed by atoms with Crippen molar-refractivity contribution in [2.24, 2.45) is 0 Å². The minimum Gasteiger partial charge on any atom is -0.492 e. The molecule has 0 bridgehead atoms. The molecule has 0 aromatic heterocycles. The van der Waals surface area contributed by atoms with Gasteiger partial charge >= 0.3 is 0 Å². The number of aryl methyl sites for hydroxylation is 1. The van der Waals surface area contributed by atoms with Crippen LogP contribution in [0.5, 0.6) is 11.5 Å². The number of nitrogens with zero attached hydrogens (tertiary/aromatic N) is 2. The number of hydrogen-bond donors (Lipinski definition) is 1. The Morgan fingerprint density at radius 2 is 1.59 bits per heavy atom. The van der Waals surface area contributed by atoms with Gasteiger partial charge in [0.2, 0.25) is 10.0 Å². The van der Waals surface area contributed by atoms with E-state index >= 15 is 0 Å². The first-order valence-electron chi connectivity index (χ1n) is 13.5. The molecule has 2 aliphatic heterocycles. The highest BCUT2D eigenvalue weighted by Crippen LogP contribution is 2.37. The summed E-state index contributed by atoms with van der Waals surface area (Å²) in [6.07, 6.45) is 1.71. The van der Waals surface area contributed by atoms with E-state index in [1.165, 1.54) is 32.9 Å². The quantitative estimate of drug-likeness (QED) is 0.375. The molecule has 3 aromatic carbocycles. The first kappa shape index (κ1) is 28.9. The van der Waals surface area contributed by atoms with Gasteiger partial charge in [-0.15, -0.1) is 0 Å². The lowest BCUT2D eigenvalue weighted by atomic mass is 10.1. The first-order valence-corrected chi connectivity index (χ1v) is 16.4. The fourth-order valence-electron chi connectivity index (χ4n) is 4.86. The zero-order valence-corrected chi connectivity index (χ0v) is 24.4. The highest BCUT2D eigenvalue weighted by molar-refractivity contribution is 7.92. The van der Waals surface area contributed by atoms with Gasteiger partial charge in [0.15, 0.2) is 6.10 Å². The van der Waals surface area contributed by atoms with Crippen molar-refractivity contribution < 1.29 is 31.1 Å². The molecule has 1 fully saturated rings. The van der Waals surface area contributed by atoms with Crippen LogP contribution in [0.25, 0.3) is 0 Å². The smallest absolute Gasteiger partial charge is 0.264 e. The fourth-order valence-corrected chi connectivity index (χ4v) is 7.88. The number of sulfonamides is 2. The van der Waals surface area contributed by atoms with E-state index in [9.17, 15) is 21.6 Å². The molecule has 0 spiro atoms. The lowest BCUT2D eigenvalue weighted by Gasteiger charge is -2.35. The molecule has 2 aliphatic rings. The summed E-state index contributed by atoms with van der Waals surface area (Å²) in [6, 6.07) is 19.5. The van der Waals surface area contributed by atoms with Gasteiger partial charge in [0, 0.05) is 13.1 Å². The normalized spacial score (nSPS) is 17.8. The first-order chi connectivity index (χ1) is 19.7. The minimum absolute atomic E-state index is 0.121. The second kappa shape index (κ2) is 12.1. The van der Waals surface area contributed by atoms with Crippen molar-refractivity contribution in [1.82, 2.24) is 9.62 Å². The van der Waals surface area contributed by atoms with Crippen molar-refractivity contribution in [3.05, 3.63) is 78.4 Å². The Bertz CT molecular complexity index is 1590. The molecule has 0 radical (unpaired) electrons. The number of rotatable bonds is 9. The Morgan fingerprint density at radius 3 is 2.29 bits per heavy atom. The number of amides is 1. The minimum atomic E-state index is -3.93. The number of ether oxygens (including phenoxy) is 2. The molecular weight excluding hydrogens is 566 g/mol. The Balaban J connectivity index is 1.19. The van der Waals surface area contributed by atoms with Crippen LogP contribution < -0.4 is 19.1 Å². The van der Waals surface area contributed by atoms with Crippen LogP contribution in [0.2, 0.25) is 0 Å². The Kier molecular flexibility index (Phi) is 8.52. The summed E-state index contributed by atoms with van der Waals surface area (Å²) in [4.78, 5) is 13.4. The number of carbonyl (C=O) groups is 1. The molecular formula is C29H33N3O7S2. The molecule has 1 unspecified atom stereocenters. The van der Waals surface area contributed by atoms with Crippen LogP contribution in [0.15, 0.2) is 82.6 Å². The van der Waals surface area contributed by atoms with Crippen LogP contribution >= 0.6 is 0 Å². The molecule has 2 heterocycles. The lowest BCUT2D eigenvalue weighted by Crippen LogP contribution is -2.51. The van der Waals surface area contributed by atoms with Crippen LogP contribution in [0.1, 0.15) is 24.8 Å². The van der Waals surface area contributed by atoms with Gasteiger partial charge < -0.3 is 14.8 Å². The number of benzene rings is 3. The molecule has 0 aliphatic carbocycles. The van der Waals surface area contributed by atoms with Crippen molar-refractivity contribution in [3.63, 3.8) is 0 Å². The van der Waals surface area contributed by atoms with Crippen molar-refractivity contribution >= 4 is 31.6 Å². The van der Waals surface area contributed by atoms with Gasteiger partial charge in [-0.1, -0.05) is 30.7 Å². The second-order valence-electron chi connectivity index (χ2n) is 10.0. The predicted molar refractivity (Wildman–Crippen MR) is 154 cm³/mol. The van der Waals surface area contributed by atoms with Crippen LogP contribution in [-0.2, 0) is 24.8 Å². The van der Waals surface area contributed by atoms with Crippen molar-refractivity contribution in [1.29, 1.82) is 0 Å². The Labute approximate surface area is 241 Å². The third-order valence-electron chi connectivity index (χ3n) is 7.06. The topological polar surface area (TPSA) is 122 Å². The number of nitrogens with one attached hydrogen (secondary N) is 1. The third kappa shape index (κ3) is 6.34. The Hall–Kier alpha value is -3.61. The van der Waals surface area contributed by atoms with E-state index in [0.29, 0.717) is 30.3 Å².